The van der Waals surface area contributed by atoms with Crippen LogP contribution in [0.4, 0.5) is 11.4 Å². The van der Waals surface area contributed by atoms with Crippen molar-refractivity contribution in [2.75, 3.05) is 11.9 Å². The molecule has 0 spiro atoms. The zero-order valence-corrected chi connectivity index (χ0v) is 15.8. The van der Waals surface area contributed by atoms with Crippen molar-refractivity contribution < 1.29 is 18.9 Å². The first kappa shape index (κ1) is 20.0. The molecular weight excluding hydrogens is 376 g/mol. The fourth-order valence-corrected chi connectivity index (χ4v) is 2.57. The fourth-order valence-electron chi connectivity index (χ4n) is 2.57. The monoisotopic (exact) mass is 396 g/mol. The van der Waals surface area contributed by atoms with Crippen molar-refractivity contribution in [1.82, 2.24) is 10.2 Å². The van der Waals surface area contributed by atoms with E-state index in [9.17, 15) is 14.9 Å². The molecule has 9 heteroatoms. The van der Waals surface area contributed by atoms with Crippen molar-refractivity contribution in [3.05, 3.63) is 70.1 Å². The van der Waals surface area contributed by atoms with E-state index in [2.05, 4.69) is 22.4 Å². The molecule has 1 aromatic heterocycles. The lowest BCUT2D eigenvalue weighted by Crippen LogP contribution is -2.10. The number of anilines is 1. The zero-order chi connectivity index (χ0) is 20.6. The van der Waals surface area contributed by atoms with Gasteiger partial charge in [0.05, 0.1) is 10.5 Å². The molecule has 0 bridgehead atoms. The summed E-state index contributed by atoms with van der Waals surface area (Å²) in [7, 11) is 0. The Morgan fingerprint density at radius 3 is 2.66 bits per heavy atom. The van der Waals surface area contributed by atoms with Crippen LogP contribution in [-0.4, -0.2) is 27.6 Å². The lowest BCUT2D eigenvalue weighted by atomic mass is 10.1. The number of nitro groups is 1. The fraction of sp³-hybridized carbons (Fsp3) is 0.250. The second kappa shape index (κ2) is 9.45. The highest BCUT2D eigenvalue weighted by Crippen LogP contribution is 2.22. The van der Waals surface area contributed by atoms with Gasteiger partial charge in [-0.25, -0.2) is 4.79 Å². The molecule has 9 nitrogen and oxygen atoms in total. The van der Waals surface area contributed by atoms with E-state index in [0.29, 0.717) is 16.8 Å². The molecule has 0 saturated heterocycles. The molecule has 0 unspecified atom stereocenters. The molecule has 1 N–H and O–H groups in total. The van der Waals surface area contributed by atoms with E-state index in [1.807, 2.05) is 12.1 Å². The van der Waals surface area contributed by atoms with Crippen LogP contribution >= 0.6 is 0 Å². The molecule has 0 fully saturated rings. The summed E-state index contributed by atoms with van der Waals surface area (Å²) in [6.07, 6.45) is 2.05. The van der Waals surface area contributed by atoms with Crippen LogP contribution in [0.2, 0.25) is 0 Å². The highest BCUT2D eigenvalue weighted by Gasteiger charge is 2.15. The molecule has 0 atom stereocenters. The van der Waals surface area contributed by atoms with Gasteiger partial charge in [-0.05, 0) is 30.7 Å². The summed E-state index contributed by atoms with van der Waals surface area (Å²) in [6, 6.07) is 12.8. The summed E-state index contributed by atoms with van der Waals surface area (Å²) in [5, 5.41) is 21.7. The summed E-state index contributed by atoms with van der Waals surface area (Å²) >= 11 is 0. The van der Waals surface area contributed by atoms with E-state index in [4.69, 9.17) is 9.15 Å². The van der Waals surface area contributed by atoms with Gasteiger partial charge in [0.2, 0.25) is 5.89 Å². The Kier molecular flexibility index (Phi) is 6.51. The number of carbonyl (C=O) groups is 1. The van der Waals surface area contributed by atoms with Gasteiger partial charge >= 0.3 is 5.97 Å². The second-order valence-corrected chi connectivity index (χ2v) is 6.21. The Morgan fingerprint density at radius 1 is 1.17 bits per heavy atom. The van der Waals surface area contributed by atoms with Crippen LogP contribution in [0, 0.1) is 10.1 Å². The molecule has 1 heterocycles. The number of hydrogen-bond acceptors (Lipinski definition) is 8. The van der Waals surface area contributed by atoms with E-state index in [0.717, 1.165) is 19.4 Å². The summed E-state index contributed by atoms with van der Waals surface area (Å²) < 4.78 is 10.8. The molecule has 0 aliphatic carbocycles. The van der Waals surface area contributed by atoms with Crippen molar-refractivity contribution in [3.63, 3.8) is 0 Å². The topological polar surface area (TPSA) is 120 Å². The van der Waals surface area contributed by atoms with E-state index in [1.165, 1.54) is 24.3 Å². The van der Waals surface area contributed by atoms with Crippen molar-refractivity contribution in [3.8, 4) is 11.5 Å². The van der Waals surface area contributed by atoms with Gasteiger partial charge in [-0.3, -0.25) is 10.1 Å². The minimum Gasteiger partial charge on any atom is -0.452 e. The summed E-state index contributed by atoms with van der Waals surface area (Å²) in [5.41, 5.74) is 1.64. The van der Waals surface area contributed by atoms with Crippen LogP contribution < -0.4 is 5.32 Å². The lowest BCUT2D eigenvalue weighted by Gasteiger charge is -2.10. The molecule has 29 heavy (non-hydrogen) atoms. The standard InChI is InChI=1S/C20H20N4O5/c1-2-3-12-21-17-7-5-4-6-16(17)20(25)28-13-18-22-23-19(29-18)14-8-10-15(11-9-14)24(26)27/h4-11,21H,2-3,12-13H2,1H3. The van der Waals surface area contributed by atoms with Crippen molar-refractivity contribution in [1.29, 1.82) is 0 Å². The number of hydrogen-bond donors (Lipinski definition) is 1. The number of unbranched alkanes of at least 4 members (excludes halogenated alkanes) is 1. The predicted octanol–water partition coefficient (Wildman–Crippen LogP) is 4.21. The molecule has 3 rings (SSSR count). The SMILES string of the molecule is CCCCNc1ccccc1C(=O)OCc1nnc(-c2ccc([N+](=O)[O-])cc2)o1. The number of nitrogens with zero attached hydrogens (tertiary/aromatic N) is 3. The molecule has 0 aliphatic heterocycles. The van der Waals surface area contributed by atoms with Gasteiger partial charge in [-0.15, -0.1) is 10.2 Å². The first-order chi connectivity index (χ1) is 14.1. The maximum Gasteiger partial charge on any atom is 0.340 e. The normalized spacial score (nSPS) is 10.5. The third kappa shape index (κ3) is 5.16. The molecule has 2 aromatic carbocycles. The molecule has 0 saturated carbocycles. The predicted molar refractivity (Wildman–Crippen MR) is 105 cm³/mol. The molecule has 0 radical (unpaired) electrons. The first-order valence-corrected chi connectivity index (χ1v) is 9.15. The number of para-hydroxylation sites is 1. The molecular formula is C20H20N4O5. The lowest BCUT2D eigenvalue weighted by molar-refractivity contribution is -0.384. The Labute approximate surface area is 166 Å². The number of ether oxygens (including phenoxy) is 1. The average molecular weight is 396 g/mol. The molecule has 3 aromatic rings. The summed E-state index contributed by atoms with van der Waals surface area (Å²) in [6.45, 7) is 2.68. The van der Waals surface area contributed by atoms with Crippen LogP contribution in [0.1, 0.15) is 36.0 Å². The summed E-state index contributed by atoms with van der Waals surface area (Å²) in [5.74, 6) is -0.185. The van der Waals surface area contributed by atoms with E-state index >= 15 is 0 Å². The molecule has 0 aliphatic rings. The van der Waals surface area contributed by atoms with E-state index in [1.54, 1.807) is 12.1 Å². The minimum atomic E-state index is -0.500. The van der Waals surface area contributed by atoms with Crippen LogP contribution in [0.5, 0.6) is 0 Å². The smallest absolute Gasteiger partial charge is 0.340 e. The van der Waals surface area contributed by atoms with Gasteiger partial charge in [0.25, 0.3) is 11.6 Å². The third-order valence-corrected chi connectivity index (χ3v) is 4.11. The number of esters is 1. The van der Waals surface area contributed by atoms with Gasteiger partial charge < -0.3 is 14.5 Å². The van der Waals surface area contributed by atoms with Crippen molar-refractivity contribution in [2.45, 2.75) is 26.4 Å². The second-order valence-electron chi connectivity index (χ2n) is 6.21. The third-order valence-electron chi connectivity index (χ3n) is 4.11. The highest BCUT2D eigenvalue weighted by molar-refractivity contribution is 5.95. The quantitative estimate of drug-likeness (QED) is 0.247. The largest absolute Gasteiger partial charge is 0.452 e. The zero-order valence-electron chi connectivity index (χ0n) is 15.8. The number of non-ortho nitro benzene ring substituents is 1. The van der Waals surface area contributed by atoms with Gasteiger partial charge in [0, 0.05) is 29.9 Å². The van der Waals surface area contributed by atoms with Gasteiger partial charge in [0.15, 0.2) is 6.61 Å². The summed E-state index contributed by atoms with van der Waals surface area (Å²) in [4.78, 5) is 22.7. The highest BCUT2D eigenvalue weighted by atomic mass is 16.6. The van der Waals surface area contributed by atoms with E-state index in [-0.39, 0.29) is 24.1 Å². The van der Waals surface area contributed by atoms with Crippen LogP contribution in [0.3, 0.4) is 0 Å². The Hall–Kier alpha value is -3.75. The van der Waals surface area contributed by atoms with Gasteiger partial charge in [-0.2, -0.15) is 0 Å². The Morgan fingerprint density at radius 2 is 1.93 bits per heavy atom. The Bertz CT molecular complexity index is 985. The van der Waals surface area contributed by atoms with Crippen molar-refractivity contribution >= 4 is 17.3 Å². The number of benzene rings is 2. The van der Waals surface area contributed by atoms with Crippen LogP contribution in [0.15, 0.2) is 52.9 Å². The number of aromatic nitrogens is 2. The maximum atomic E-state index is 12.4. The number of rotatable bonds is 9. The van der Waals surface area contributed by atoms with Crippen molar-refractivity contribution in [2.24, 2.45) is 0 Å². The van der Waals surface area contributed by atoms with E-state index < -0.39 is 10.9 Å². The average Bonchev–Trinajstić information content (AvgIpc) is 3.22. The van der Waals surface area contributed by atoms with Gasteiger partial charge in [-0.1, -0.05) is 25.5 Å². The number of carbonyl (C=O) groups excluding carboxylic acids is 1. The first-order valence-electron chi connectivity index (χ1n) is 9.15. The van der Waals surface area contributed by atoms with Crippen LogP contribution in [0.25, 0.3) is 11.5 Å². The van der Waals surface area contributed by atoms with Gasteiger partial charge in [0.1, 0.15) is 0 Å². The number of nitro benzene ring substituents is 1. The Balaban J connectivity index is 1.62. The maximum absolute atomic E-state index is 12.4. The molecule has 0 amide bonds. The molecule has 150 valence electrons. The minimum absolute atomic E-state index is 0.0337. The number of nitrogens with one attached hydrogen (secondary N) is 1. The van der Waals surface area contributed by atoms with Crippen LogP contribution in [-0.2, 0) is 11.3 Å².